The van der Waals surface area contributed by atoms with Crippen molar-refractivity contribution < 1.29 is 9.90 Å². The van der Waals surface area contributed by atoms with Crippen LogP contribution in [0, 0.1) is 0 Å². The van der Waals surface area contributed by atoms with Gasteiger partial charge in [-0.1, -0.05) is 53.9 Å². The van der Waals surface area contributed by atoms with Crippen molar-refractivity contribution >= 4 is 51.3 Å². The smallest absolute Gasteiger partial charge is 0.347 e. The van der Waals surface area contributed by atoms with Gasteiger partial charge in [-0.15, -0.1) is 0 Å². The van der Waals surface area contributed by atoms with Crippen LogP contribution in [0.3, 0.4) is 0 Å². The fraction of sp³-hybridized carbons (Fsp3) is 0.231. The lowest BCUT2D eigenvalue weighted by atomic mass is 10.2. The molecule has 7 heteroatoms. The maximum absolute atomic E-state index is 11.2. The molecule has 4 nitrogen and oxygen atoms in total. The van der Waals surface area contributed by atoms with Crippen LogP contribution in [0.2, 0.25) is 10.0 Å². The average Bonchev–Trinajstić information content (AvgIpc) is 2.79. The summed E-state index contributed by atoms with van der Waals surface area (Å²) in [6, 6.07) is 5.20. The fourth-order valence-corrected chi connectivity index (χ4v) is 2.90. The van der Waals surface area contributed by atoms with Crippen LogP contribution in [0.4, 0.5) is 10.8 Å². The Bertz CT molecular complexity index is 643. The van der Waals surface area contributed by atoms with E-state index in [4.69, 9.17) is 28.3 Å². The molecule has 0 aliphatic rings. The van der Waals surface area contributed by atoms with Crippen LogP contribution in [0.1, 0.15) is 28.7 Å². The number of rotatable bonds is 5. The molecule has 2 rings (SSSR count). The highest BCUT2D eigenvalue weighted by Crippen LogP contribution is 2.33. The van der Waals surface area contributed by atoms with Gasteiger partial charge in [0.1, 0.15) is 4.88 Å². The van der Waals surface area contributed by atoms with Crippen LogP contribution < -0.4 is 5.32 Å². The molecule has 1 heterocycles. The monoisotopic (exact) mass is 330 g/mol. The van der Waals surface area contributed by atoms with Crippen molar-refractivity contribution in [2.24, 2.45) is 0 Å². The average molecular weight is 331 g/mol. The van der Waals surface area contributed by atoms with Gasteiger partial charge in [0.15, 0.2) is 5.13 Å². The largest absolute Gasteiger partial charge is 0.477 e. The highest BCUT2D eigenvalue weighted by atomic mass is 35.5. The van der Waals surface area contributed by atoms with E-state index in [0.29, 0.717) is 33.0 Å². The minimum absolute atomic E-state index is 0.257. The van der Waals surface area contributed by atoms with Crippen molar-refractivity contribution in [2.45, 2.75) is 19.8 Å². The van der Waals surface area contributed by atoms with E-state index in [0.717, 1.165) is 17.8 Å². The number of thiazole rings is 1. The van der Waals surface area contributed by atoms with Crippen LogP contribution >= 0.6 is 34.5 Å². The molecule has 106 valence electrons. The summed E-state index contributed by atoms with van der Waals surface area (Å²) in [5, 5.41) is 13.5. The first-order valence-electron chi connectivity index (χ1n) is 5.97. The van der Waals surface area contributed by atoms with Crippen LogP contribution in [0.25, 0.3) is 0 Å². The molecule has 0 spiro atoms. The lowest BCUT2D eigenvalue weighted by Crippen LogP contribution is -1.98. The second-order valence-corrected chi connectivity index (χ2v) is 5.86. The third-order valence-electron chi connectivity index (χ3n) is 2.57. The maximum Gasteiger partial charge on any atom is 0.347 e. The van der Waals surface area contributed by atoms with Crippen molar-refractivity contribution in [1.29, 1.82) is 0 Å². The van der Waals surface area contributed by atoms with E-state index in [2.05, 4.69) is 10.3 Å². The van der Waals surface area contributed by atoms with Gasteiger partial charge in [-0.25, -0.2) is 9.78 Å². The zero-order valence-corrected chi connectivity index (χ0v) is 12.9. The number of benzene rings is 1. The van der Waals surface area contributed by atoms with Gasteiger partial charge in [-0.2, -0.15) is 0 Å². The number of hydrogen-bond acceptors (Lipinski definition) is 4. The van der Waals surface area contributed by atoms with Gasteiger partial charge in [0.25, 0.3) is 0 Å². The van der Waals surface area contributed by atoms with Gasteiger partial charge >= 0.3 is 5.97 Å². The minimum Gasteiger partial charge on any atom is -0.477 e. The number of carboxylic acids is 1. The first-order valence-corrected chi connectivity index (χ1v) is 7.54. The topological polar surface area (TPSA) is 62.2 Å². The first kappa shape index (κ1) is 15.1. The van der Waals surface area contributed by atoms with E-state index in [1.807, 2.05) is 6.92 Å². The van der Waals surface area contributed by atoms with E-state index in [-0.39, 0.29) is 4.88 Å². The molecule has 0 unspecified atom stereocenters. The van der Waals surface area contributed by atoms with E-state index < -0.39 is 5.97 Å². The Morgan fingerprint density at radius 2 is 2.20 bits per heavy atom. The molecule has 0 fully saturated rings. The Morgan fingerprint density at radius 3 is 2.85 bits per heavy atom. The number of aryl methyl sites for hydroxylation is 1. The van der Waals surface area contributed by atoms with Gasteiger partial charge in [-0.05, 0) is 18.6 Å². The highest BCUT2D eigenvalue weighted by Gasteiger charge is 2.17. The maximum atomic E-state index is 11.2. The van der Waals surface area contributed by atoms with Gasteiger partial charge in [0.05, 0.1) is 21.4 Å². The number of carbonyl (C=O) groups is 1. The third-order valence-corrected chi connectivity index (χ3v) is 4.39. The standard InChI is InChI=1S/C13H12Cl2N2O2S/c1-2-4-9-11(12(18)19)20-13(17-9)16-8-6-3-5-7(14)10(8)15/h3,5-6H,2,4H2,1H3,(H,16,17)(H,18,19). The normalized spacial score (nSPS) is 10.6. The van der Waals surface area contributed by atoms with E-state index in [1.54, 1.807) is 18.2 Å². The van der Waals surface area contributed by atoms with Crippen molar-refractivity contribution in [3.8, 4) is 0 Å². The third kappa shape index (κ3) is 3.23. The Hall–Kier alpha value is -1.30. The summed E-state index contributed by atoms with van der Waals surface area (Å²) in [7, 11) is 0. The molecule has 2 N–H and O–H groups in total. The van der Waals surface area contributed by atoms with E-state index in [1.165, 1.54) is 0 Å². The predicted molar refractivity (Wildman–Crippen MR) is 82.8 cm³/mol. The number of nitrogens with one attached hydrogen (secondary N) is 1. The predicted octanol–water partition coefficient (Wildman–Crippen LogP) is 4.84. The molecule has 20 heavy (non-hydrogen) atoms. The Balaban J connectivity index is 2.32. The quantitative estimate of drug-likeness (QED) is 0.822. The first-order chi connectivity index (χ1) is 9.52. The molecule has 0 bridgehead atoms. The molecular weight excluding hydrogens is 319 g/mol. The summed E-state index contributed by atoms with van der Waals surface area (Å²) >= 11 is 13.1. The van der Waals surface area contributed by atoms with Gasteiger partial charge < -0.3 is 10.4 Å². The second-order valence-electron chi connectivity index (χ2n) is 4.08. The molecule has 0 amide bonds. The lowest BCUT2D eigenvalue weighted by molar-refractivity contribution is 0.0700. The van der Waals surface area contributed by atoms with Crippen molar-refractivity contribution in [2.75, 3.05) is 5.32 Å². The van der Waals surface area contributed by atoms with Gasteiger partial charge in [-0.3, -0.25) is 0 Å². The zero-order chi connectivity index (χ0) is 14.7. The van der Waals surface area contributed by atoms with Crippen LogP contribution in [0.5, 0.6) is 0 Å². The SMILES string of the molecule is CCCc1nc(Nc2cccc(Cl)c2Cl)sc1C(=O)O. The summed E-state index contributed by atoms with van der Waals surface area (Å²) in [4.78, 5) is 15.7. The number of anilines is 2. The van der Waals surface area contributed by atoms with E-state index >= 15 is 0 Å². The Kier molecular flexibility index (Phi) is 4.86. The summed E-state index contributed by atoms with van der Waals surface area (Å²) in [5.41, 5.74) is 1.19. The zero-order valence-electron chi connectivity index (χ0n) is 10.6. The van der Waals surface area contributed by atoms with Crippen molar-refractivity contribution in [3.05, 3.63) is 38.8 Å². The molecule has 0 saturated heterocycles. The lowest BCUT2D eigenvalue weighted by Gasteiger charge is -2.05. The molecule has 1 aromatic carbocycles. The van der Waals surface area contributed by atoms with Crippen LogP contribution in [-0.2, 0) is 6.42 Å². The molecule has 0 radical (unpaired) electrons. The number of aromatic nitrogens is 1. The Labute approximate surface area is 130 Å². The minimum atomic E-state index is -0.962. The van der Waals surface area contributed by atoms with Gasteiger partial charge in [0.2, 0.25) is 0 Å². The second kappa shape index (κ2) is 6.43. The number of hydrogen-bond donors (Lipinski definition) is 2. The number of aromatic carboxylic acids is 1. The van der Waals surface area contributed by atoms with Crippen LogP contribution in [0.15, 0.2) is 18.2 Å². The molecule has 0 saturated carbocycles. The molecule has 0 atom stereocenters. The highest BCUT2D eigenvalue weighted by molar-refractivity contribution is 7.17. The van der Waals surface area contributed by atoms with Crippen molar-refractivity contribution in [3.63, 3.8) is 0 Å². The van der Waals surface area contributed by atoms with Gasteiger partial charge in [0, 0.05) is 0 Å². The molecular formula is C13H12Cl2N2O2S. The Morgan fingerprint density at radius 1 is 1.45 bits per heavy atom. The summed E-state index contributed by atoms with van der Waals surface area (Å²) in [6.07, 6.45) is 1.46. The molecule has 2 aromatic rings. The number of halogens is 2. The number of carboxylic acid groups (broad SMARTS) is 1. The molecule has 1 aromatic heterocycles. The summed E-state index contributed by atoms with van der Waals surface area (Å²) < 4.78 is 0. The van der Waals surface area contributed by atoms with Crippen LogP contribution in [-0.4, -0.2) is 16.1 Å². The summed E-state index contributed by atoms with van der Waals surface area (Å²) in [6.45, 7) is 1.98. The molecule has 0 aliphatic heterocycles. The fourth-order valence-electron chi connectivity index (χ4n) is 1.69. The summed E-state index contributed by atoms with van der Waals surface area (Å²) in [5.74, 6) is -0.962. The molecule has 0 aliphatic carbocycles. The van der Waals surface area contributed by atoms with E-state index in [9.17, 15) is 4.79 Å². The number of nitrogens with zero attached hydrogens (tertiary/aromatic N) is 1. The van der Waals surface area contributed by atoms with Crippen molar-refractivity contribution in [1.82, 2.24) is 4.98 Å².